The molecule has 9 atom stereocenters. The average Bonchev–Trinajstić information content (AvgIpc) is 4.08. The van der Waals surface area contributed by atoms with E-state index in [1.807, 2.05) is 13.8 Å². The lowest BCUT2D eigenvalue weighted by Crippen LogP contribution is -2.60. The van der Waals surface area contributed by atoms with Crippen molar-refractivity contribution in [1.82, 2.24) is 41.7 Å². The topological polar surface area (TPSA) is 428 Å². The van der Waals surface area contributed by atoms with Gasteiger partial charge in [-0.3, -0.25) is 48.3 Å². The fourth-order valence-corrected chi connectivity index (χ4v) is 9.33. The van der Waals surface area contributed by atoms with Gasteiger partial charge in [-0.1, -0.05) is 46.2 Å². The van der Waals surface area contributed by atoms with E-state index in [2.05, 4.69) is 41.9 Å². The molecule has 0 bridgehead atoms. The van der Waals surface area contributed by atoms with Crippen molar-refractivity contribution in [2.45, 2.75) is 173 Å². The summed E-state index contributed by atoms with van der Waals surface area (Å²) in [7, 11) is 0. The van der Waals surface area contributed by atoms with E-state index < -0.39 is 107 Å². The quantitative estimate of drug-likeness (QED) is 0.0216. The number of nitrogens with one attached hydrogen (secondary N) is 6. The number of carbonyl (C=O) groups excluding carboxylic acids is 8. The number of carboxylic acids is 1. The van der Waals surface area contributed by atoms with Gasteiger partial charge in [-0.25, -0.2) is 4.79 Å². The van der Waals surface area contributed by atoms with Crippen molar-refractivity contribution < 1.29 is 53.4 Å². The number of aliphatic carboxylic acids is 1. The molecular formula is C51H85N15O11. The van der Waals surface area contributed by atoms with E-state index in [1.54, 1.807) is 26.0 Å². The Balaban J connectivity index is 1.95. The molecule has 1 aromatic carbocycles. The number of aromatic hydroxyl groups is 1. The number of aliphatic imine (C=N–C) groups is 2. The van der Waals surface area contributed by atoms with Crippen LogP contribution in [0.25, 0.3) is 0 Å². The van der Waals surface area contributed by atoms with Crippen molar-refractivity contribution in [1.29, 1.82) is 0 Å². The van der Waals surface area contributed by atoms with Crippen molar-refractivity contribution in [3.8, 4) is 5.75 Å². The standard InChI is InChI=1S/C51H85N15O11/c1-6-30(4)41(46(73)63-38(49(76)77)27-29(2)3)64-43(70)37(28-32-18-20-33(68)21-19-32)62-45(72)40-17-12-26-66(40)48(75)36(15-10-24-58-51(55)56)61-42(69)34(14-9-23-57-50(53)54)60-44(71)39-16-11-25-65(39)47(74)35(59-31(5)67)13-7-8-22-52/h18-21,29-30,34-41,68H,6-17,22-28,52H2,1-5H3,(H,59,67)(H,60,71)(H,61,69)(H,62,72)(H,63,73)(H,64,70)(H,76,77)(H4,53,54,57)(H4,55,56,58)/t30-,34+,35+,36+,37+,38+,39+,40+,41+/m1/s1. The lowest BCUT2D eigenvalue weighted by molar-refractivity contribution is -0.143. The predicted octanol–water partition coefficient (Wildman–Crippen LogP) is -1.74. The number of unbranched alkanes of at least 4 members (excludes halogenated alkanes) is 1. The maximum atomic E-state index is 14.8. The third kappa shape index (κ3) is 21.4. The van der Waals surface area contributed by atoms with Crippen LogP contribution in [-0.4, -0.2) is 166 Å². The first-order valence-corrected chi connectivity index (χ1v) is 26.7. The van der Waals surface area contributed by atoms with Gasteiger partial charge >= 0.3 is 5.97 Å². The first-order chi connectivity index (χ1) is 36.5. The molecule has 2 heterocycles. The van der Waals surface area contributed by atoms with Crippen molar-refractivity contribution in [2.75, 3.05) is 32.7 Å². The van der Waals surface area contributed by atoms with Gasteiger partial charge in [0.2, 0.25) is 47.3 Å². The Labute approximate surface area is 450 Å². The summed E-state index contributed by atoms with van der Waals surface area (Å²) < 4.78 is 0. The predicted molar refractivity (Wildman–Crippen MR) is 288 cm³/mol. The van der Waals surface area contributed by atoms with Gasteiger partial charge in [-0.05, 0) is 113 Å². The van der Waals surface area contributed by atoms with E-state index in [4.69, 9.17) is 28.7 Å². The normalized spacial score (nSPS) is 17.8. The molecule has 0 aromatic heterocycles. The van der Waals surface area contributed by atoms with E-state index in [0.717, 1.165) is 0 Å². The third-order valence-electron chi connectivity index (χ3n) is 13.6. The first-order valence-electron chi connectivity index (χ1n) is 26.7. The molecule has 2 aliphatic rings. The number of rotatable bonds is 32. The molecule has 2 saturated heterocycles. The zero-order chi connectivity index (χ0) is 57.4. The molecule has 26 heteroatoms. The largest absolute Gasteiger partial charge is 0.508 e. The van der Waals surface area contributed by atoms with Crippen molar-refractivity contribution in [2.24, 2.45) is 50.5 Å². The van der Waals surface area contributed by atoms with Crippen LogP contribution in [0.15, 0.2) is 34.3 Å². The molecule has 0 radical (unpaired) electrons. The highest BCUT2D eigenvalue weighted by molar-refractivity contribution is 5.98. The van der Waals surface area contributed by atoms with E-state index in [0.29, 0.717) is 50.6 Å². The SMILES string of the molecule is CC[C@@H](C)[C@H](NC(=O)[C@H](Cc1ccc(O)cc1)NC(=O)[C@@H]1CCCN1C(=O)[C@H](CCCN=C(N)N)NC(=O)[C@H](CCCN=C(N)N)NC(=O)[C@@H]1CCCN1C(=O)[C@H](CCCCN)NC(C)=O)C(=O)N[C@@H](CC(C)C)C(=O)O. The Hall–Kier alpha value is -7.25. The summed E-state index contributed by atoms with van der Waals surface area (Å²) >= 11 is 0. The van der Waals surface area contributed by atoms with Crippen LogP contribution >= 0.6 is 0 Å². The maximum Gasteiger partial charge on any atom is 0.326 e. The number of likely N-dealkylation sites (tertiary alicyclic amines) is 2. The number of phenolic OH excluding ortho intramolecular Hbond substituents is 1. The van der Waals surface area contributed by atoms with Crippen LogP contribution in [0.3, 0.4) is 0 Å². The van der Waals surface area contributed by atoms with E-state index >= 15 is 0 Å². The molecule has 0 unspecified atom stereocenters. The van der Waals surface area contributed by atoms with E-state index in [9.17, 15) is 53.4 Å². The summed E-state index contributed by atoms with van der Waals surface area (Å²) in [5.41, 5.74) is 28.5. The fraction of sp³-hybridized carbons (Fsp3) is 0.667. The molecule has 77 heavy (non-hydrogen) atoms. The first kappa shape index (κ1) is 64.0. The van der Waals surface area contributed by atoms with Gasteiger partial charge < -0.3 is 80.6 Å². The third-order valence-corrected chi connectivity index (χ3v) is 13.6. The van der Waals surface area contributed by atoms with Crippen LogP contribution in [0.4, 0.5) is 0 Å². The average molecular weight is 1080 g/mol. The van der Waals surface area contributed by atoms with Crippen molar-refractivity contribution in [3.05, 3.63) is 29.8 Å². The number of carbonyl (C=O) groups is 9. The van der Waals surface area contributed by atoms with Crippen LogP contribution < -0.4 is 60.6 Å². The molecule has 26 nitrogen and oxygen atoms in total. The molecule has 0 aliphatic carbocycles. The summed E-state index contributed by atoms with van der Waals surface area (Å²) in [6.07, 6.45) is 3.56. The van der Waals surface area contributed by atoms with Crippen molar-refractivity contribution in [3.63, 3.8) is 0 Å². The lowest BCUT2D eigenvalue weighted by Gasteiger charge is -2.32. The van der Waals surface area contributed by atoms with Gasteiger partial charge in [-0.2, -0.15) is 0 Å². The summed E-state index contributed by atoms with van der Waals surface area (Å²) in [5, 5.41) is 36.2. The van der Waals surface area contributed by atoms with E-state index in [-0.39, 0.29) is 101 Å². The highest BCUT2D eigenvalue weighted by Gasteiger charge is 2.42. The molecule has 2 aliphatic heterocycles. The molecular weight excluding hydrogens is 999 g/mol. The summed E-state index contributed by atoms with van der Waals surface area (Å²) in [6, 6.07) is -3.44. The van der Waals surface area contributed by atoms with Gasteiger partial charge in [0, 0.05) is 39.5 Å². The molecule has 18 N–H and O–H groups in total. The van der Waals surface area contributed by atoms with Crippen LogP contribution in [0, 0.1) is 11.8 Å². The second-order valence-electron chi connectivity index (χ2n) is 20.3. The van der Waals surface area contributed by atoms with Crippen LogP contribution in [0.5, 0.6) is 5.75 Å². The summed E-state index contributed by atoms with van der Waals surface area (Å²) in [4.78, 5) is 135. The van der Waals surface area contributed by atoms with Gasteiger partial charge in [0.1, 0.15) is 54.1 Å². The Kier molecular flexibility index (Phi) is 26.9. The fourth-order valence-electron chi connectivity index (χ4n) is 9.33. The highest BCUT2D eigenvalue weighted by Crippen LogP contribution is 2.23. The molecule has 0 spiro atoms. The number of carboxylic acid groups (broad SMARTS) is 1. The number of nitrogens with two attached hydrogens (primary N) is 5. The monoisotopic (exact) mass is 1080 g/mol. The number of phenols is 1. The van der Waals surface area contributed by atoms with Crippen molar-refractivity contribution >= 4 is 65.1 Å². The molecule has 430 valence electrons. The smallest absolute Gasteiger partial charge is 0.326 e. The minimum absolute atomic E-state index is 0.00555. The molecule has 2 fully saturated rings. The zero-order valence-corrected chi connectivity index (χ0v) is 45.3. The Morgan fingerprint density at radius 2 is 1.12 bits per heavy atom. The lowest BCUT2D eigenvalue weighted by atomic mass is 9.96. The Bertz CT molecular complexity index is 2220. The molecule has 3 rings (SSSR count). The zero-order valence-electron chi connectivity index (χ0n) is 45.3. The molecule has 8 amide bonds. The minimum atomic E-state index is -1.34. The van der Waals surface area contributed by atoms with Gasteiger partial charge in [-0.15, -0.1) is 0 Å². The number of nitrogens with zero attached hydrogens (tertiary/aromatic N) is 4. The number of benzene rings is 1. The summed E-state index contributed by atoms with van der Waals surface area (Å²) in [6.45, 7) is 9.31. The second-order valence-corrected chi connectivity index (χ2v) is 20.3. The van der Waals surface area contributed by atoms with Crippen LogP contribution in [-0.2, 0) is 49.6 Å². The number of amides is 8. The van der Waals surface area contributed by atoms with Crippen LogP contribution in [0.2, 0.25) is 0 Å². The van der Waals surface area contributed by atoms with Gasteiger partial charge in [0.05, 0.1) is 0 Å². The number of hydrogen-bond donors (Lipinski definition) is 13. The summed E-state index contributed by atoms with van der Waals surface area (Å²) in [5.74, 6) is -7.33. The van der Waals surface area contributed by atoms with Gasteiger partial charge in [0.15, 0.2) is 11.9 Å². The molecule has 0 saturated carbocycles. The van der Waals surface area contributed by atoms with E-state index in [1.165, 1.54) is 28.9 Å². The number of guanidine groups is 2. The Morgan fingerprint density at radius 3 is 1.60 bits per heavy atom. The maximum absolute atomic E-state index is 14.8. The van der Waals surface area contributed by atoms with Crippen LogP contribution in [0.1, 0.15) is 124 Å². The Morgan fingerprint density at radius 1 is 0.636 bits per heavy atom. The molecule has 1 aromatic rings. The van der Waals surface area contributed by atoms with Gasteiger partial charge in [0.25, 0.3) is 0 Å². The number of hydrogen-bond acceptors (Lipinski definition) is 13. The second kappa shape index (κ2) is 32.4. The highest BCUT2D eigenvalue weighted by atomic mass is 16.4. The minimum Gasteiger partial charge on any atom is -0.508 e.